The highest BCUT2D eigenvalue weighted by Gasteiger charge is 2.43. The van der Waals surface area contributed by atoms with Gasteiger partial charge in [-0.3, -0.25) is 14.4 Å². The van der Waals surface area contributed by atoms with Crippen LogP contribution in [0, 0.1) is 0 Å². The number of hydrogen-bond acceptors (Lipinski definition) is 6. The third-order valence-electron chi connectivity index (χ3n) is 5.45. The van der Waals surface area contributed by atoms with Crippen molar-refractivity contribution >= 4 is 21.5 Å². The van der Waals surface area contributed by atoms with Gasteiger partial charge in [-0.05, 0) is 55.8 Å². The second-order valence-corrected chi connectivity index (χ2v) is 9.76. The molecule has 30 heavy (non-hydrogen) atoms. The lowest BCUT2D eigenvalue weighted by atomic mass is 9.83. The van der Waals surface area contributed by atoms with Crippen molar-refractivity contribution in [2.45, 2.75) is 24.9 Å². The number of ketones is 1. The van der Waals surface area contributed by atoms with Crippen LogP contribution < -0.4 is 14.2 Å². The van der Waals surface area contributed by atoms with Crippen molar-refractivity contribution in [3.8, 4) is 11.5 Å². The molecule has 0 amide bonds. The lowest BCUT2D eigenvalue weighted by molar-refractivity contribution is -0.0204. The number of benzene rings is 2. The van der Waals surface area contributed by atoms with Gasteiger partial charge in [0.25, 0.3) is 0 Å². The number of fused-ring (bicyclic) bond motifs is 1. The SMILES string of the molecule is CS(=O)(=O)Nc1ccc(OCCN2CCCC3(CC(=O)c4ccccc4O3)C2)cc1. The van der Waals surface area contributed by atoms with E-state index in [1.165, 1.54) is 0 Å². The molecule has 2 aliphatic rings. The first-order chi connectivity index (χ1) is 14.3. The van der Waals surface area contributed by atoms with Crippen molar-refractivity contribution in [1.29, 1.82) is 0 Å². The number of carbonyl (C=O) groups is 1. The molecule has 1 N–H and O–H groups in total. The largest absolute Gasteiger partial charge is 0.492 e. The van der Waals surface area contributed by atoms with Gasteiger partial charge < -0.3 is 9.47 Å². The molecule has 2 heterocycles. The highest BCUT2D eigenvalue weighted by molar-refractivity contribution is 7.92. The average Bonchev–Trinajstić information content (AvgIpc) is 2.68. The fraction of sp³-hybridized carbons (Fsp3) is 0.409. The maximum atomic E-state index is 12.6. The second-order valence-electron chi connectivity index (χ2n) is 8.01. The van der Waals surface area contributed by atoms with Crippen LogP contribution in [0.2, 0.25) is 0 Å². The van der Waals surface area contributed by atoms with Gasteiger partial charge in [0.1, 0.15) is 23.7 Å². The lowest BCUT2D eigenvalue weighted by Gasteiger charge is -2.44. The van der Waals surface area contributed by atoms with Crippen LogP contribution in [-0.2, 0) is 10.0 Å². The minimum Gasteiger partial charge on any atom is -0.492 e. The Morgan fingerprint density at radius 3 is 2.70 bits per heavy atom. The first kappa shape index (κ1) is 20.7. The molecule has 0 aromatic heterocycles. The monoisotopic (exact) mass is 430 g/mol. The molecular formula is C22H26N2O5S. The molecule has 1 atom stereocenters. The predicted octanol–water partition coefficient (Wildman–Crippen LogP) is 2.94. The highest BCUT2D eigenvalue weighted by atomic mass is 32.2. The summed E-state index contributed by atoms with van der Waals surface area (Å²) >= 11 is 0. The number of Topliss-reactive ketones (excluding diaryl/α,β-unsaturated/α-hetero) is 1. The Balaban J connectivity index is 1.31. The van der Waals surface area contributed by atoms with Crippen LogP contribution in [-0.4, -0.2) is 57.2 Å². The summed E-state index contributed by atoms with van der Waals surface area (Å²) in [5.74, 6) is 1.52. The first-order valence-corrected chi connectivity index (χ1v) is 12.0. The zero-order chi connectivity index (χ0) is 21.2. The molecule has 1 spiro atoms. The van der Waals surface area contributed by atoms with E-state index in [2.05, 4.69) is 9.62 Å². The summed E-state index contributed by atoms with van der Waals surface area (Å²) in [5, 5.41) is 0. The van der Waals surface area contributed by atoms with E-state index in [4.69, 9.17) is 9.47 Å². The average molecular weight is 431 g/mol. The number of carbonyl (C=O) groups excluding carboxylic acids is 1. The van der Waals surface area contributed by atoms with Crippen LogP contribution in [0.5, 0.6) is 11.5 Å². The third kappa shape index (κ3) is 4.94. The number of piperidine rings is 1. The van der Waals surface area contributed by atoms with Crippen molar-refractivity contribution in [2.24, 2.45) is 0 Å². The van der Waals surface area contributed by atoms with Crippen LogP contribution in [0.15, 0.2) is 48.5 Å². The van der Waals surface area contributed by atoms with Gasteiger partial charge in [0.05, 0.1) is 18.2 Å². The maximum Gasteiger partial charge on any atom is 0.229 e. The summed E-state index contributed by atoms with van der Waals surface area (Å²) in [4.78, 5) is 14.9. The van der Waals surface area contributed by atoms with Crippen molar-refractivity contribution in [2.75, 3.05) is 37.2 Å². The van der Waals surface area contributed by atoms with Crippen molar-refractivity contribution < 1.29 is 22.7 Å². The van der Waals surface area contributed by atoms with Gasteiger partial charge in [-0.25, -0.2) is 8.42 Å². The molecular weight excluding hydrogens is 404 g/mol. The molecule has 0 radical (unpaired) electrons. The van der Waals surface area contributed by atoms with Gasteiger partial charge >= 0.3 is 0 Å². The molecule has 1 saturated heterocycles. The molecule has 7 nitrogen and oxygen atoms in total. The van der Waals surface area contributed by atoms with Crippen molar-refractivity contribution in [3.63, 3.8) is 0 Å². The summed E-state index contributed by atoms with van der Waals surface area (Å²) in [5.41, 5.74) is 0.724. The van der Waals surface area contributed by atoms with Gasteiger partial charge in [-0.1, -0.05) is 12.1 Å². The van der Waals surface area contributed by atoms with Crippen LogP contribution in [0.1, 0.15) is 29.6 Å². The fourth-order valence-corrected chi connectivity index (χ4v) is 4.74. The summed E-state index contributed by atoms with van der Waals surface area (Å²) in [6.07, 6.45) is 3.38. The van der Waals surface area contributed by atoms with E-state index in [-0.39, 0.29) is 5.78 Å². The van der Waals surface area contributed by atoms with E-state index < -0.39 is 15.6 Å². The molecule has 1 fully saturated rings. The first-order valence-electron chi connectivity index (χ1n) is 10.1. The van der Waals surface area contributed by atoms with Crippen LogP contribution in [0.4, 0.5) is 5.69 Å². The quantitative estimate of drug-likeness (QED) is 0.759. The Labute approximate surface area is 177 Å². The minimum absolute atomic E-state index is 0.151. The van der Waals surface area contributed by atoms with Crippen LogP contribution >= 0.6 is 0 Å². The van der Waals surface area contributed by atoms with Crippen molar-refractivity contribution in [3.05, 3.63) is 54.1 Å². The number of nitrogens with zero attached hydrogens (tertiary/aromatic N) is 1. The Hall–Kier alpha value is -2.58. The number of likely N-dealkylation sites (tertiary alicyclic amines) is 1. The molecule has 0 saturated carbocycles. The number of ether oxygens (including phenoxy) is 2. The maximum absolute atomic E-state index is 12.6. The number of hydrogen-bond donors (Lipinski definition) is 1. The molecule has 160 valence electrons. The Bertz CT molecular complexity index is 1020. The van der Waals surface area contributed by atoms with Gasteiger partial charge in [0, 0.05) is 18.8 Å². The summed E-state index contributed by atoms with van der Waals surface area (Å²) < 4.78 is 37.1. The standard InChI is InChI=1S/C22H26N2O5S/c1-30(26,27)23-17-7-9-18(10-8-17)28-14-13-24-12-4-11-22(16-24)15-20(25)19-5-2-3-6-21(19)29-22/h2-3,5-10,23H,4,11-16H2,1H3. The van der Waals surface area contributed by atoms with E-state index in [0.717, 1.165) is 32.2 Å². The lowest BCUT2D eigenvalue weighted by Crippen LogP contribution is -2.55. The zero-order valence-corrected chi connectivity index (χ0v) is 17.8. The second kappa shape index (κ2) is 8.28. The minimum atomic E-state index is -3.29. The normalized spacial score (nSPS) is 21.7. The smallest absolute Gasteiger partial charge is 0.229 e. The Morgan fingerprint density at radius 1 is 1.17 bits per heavy atom. The molecule has 0 bridgehead atoms. The number of rotatable bonds is 6. The van der Waals surface area contributed by atoms with Crippen LogP contribution in [0.25, 0.3) is 0 Å². The zero-order valence-electron chi connectivity index (χ0n) is 17.0. The molecule has 2 aliphatic heterocycles. The van der Waals surface area contributed by atoms with Gasteiger partial charge in [-0.15, -0.1) is 0 Å². The van der Waals surface area contributed by atoms with E-state index in [1.807, 2.05) is 24.3 Å². The summed E-state index contributed by atoms with van der Waals surface area (Å²) in [6, 6.07) is 14.3. The van der Waals surface area contributed by atoms with Crippen LogP contribution in [0.3, 0.4) is 0 Å². The topological polar surface area (TPSA) is 84.9 Å². The molecule has 0 aliphatic carbocycles. The summed E-state index contributed by atoms with van der Waals surface area (Å²) in [6.45, 7) is 2.87. The number of nitrogens with one attached hydrogen (secondary N) is 1. The molecule has 4 rings (SSSR count). The molecule has 1 unspecified atom stereocenters. The molecule has 8 heteroatoms. The van der Waals surface area contributed by atoms with E-state index in [1.54, 1.807) is 24.3 Å². The number of sulfonamides is 1. The van der Waals surface area contributed by atoms with E-state index >= 15 is 0 Å². The van der Waals surface area contributed by atoms with Gasteiger partial charge in [-0.2, -0.15) is 0 Å². The van der Waals surface area contributed by atoms with Gasteiger partial charge in [0.15, 0.2) is 5.78 Å². The molecule has 2 aromatic rings. The number of anilines is 1. The predicted molar refractivity (Wildman–Crippen MR) is 115 cm³/mol. The highest BCUT2D eigenvalue weighted by Crippen LogP contribution is 2.38. The molecule has 2 aromatic carbocycles. The third-order valence-corrected chi connectivity index (χ3v) is 6.06. The number of para-hydroxylation sites is 1. The van der Waals surface area contributed by atoms with E-state index in [9.17, 15) is 13.2 Å². The van der Waals surface area contributed by atoms with Crippen molar-refractivity contribution in [1.82, 2.24) is 4.90 Å². The Kier molecular flexibility index (Phi) is 5.71. The van der Waals surface area contributed by atoms with E-state index in [0.29, 0.717) is 42.3 Å². The fourth-order valence-electron chi connectivity index (χ4n) is 4.18. The van der Waals surface area contributed by atoms with Gasteiger partial charge in [0.2, 0.25) is 10.0 Å². The summed E-state index contributed by atoms with van der Waals surface area (Å²) in [7, 11) is -3.29. The Morgan fingerprint density at radius 2 is 1.93 bits per heavy atom.